The number of carboxylic acid groups (broad SMARTS) is 1. The van der Waals surface area contributed by atoms with Crippen LogP contribution in [0.15, 0.2) is 30.9 Å². The summed E-state index contributed by atoms with van der Waals surface area (Å²) in [7, 11) is 0. The fourth-order valence-corrected chi connectivity index (χ4v) is 0.898. The topological polar surface area (TPSA) is 72.3 Å². The van der Waals surface area contributed by atoms with Crippen LogP contribution >= 0.6 is 0 Å². The summed E-state index contributed by atoms with van der Waals surface area (Å²) in [5, 5.41) is 7.60. The minimum absolute atomic E-state index is 0. The maximum atomic E-state index is 9.25. The fourth-order valence-electron chi connectivity index (χ4n) is 0.898. The molecule has 0 atom stereocenters. The Balaban J connectivity index is 0. The van der Waals surface area contributed by atoms with Gasteiger partial charge in [0.05, 0.1) is 0 Å². The van der Waals surface area contributed by atoms with Crippen molar-refractivity contribution >= 4 is 5.97 Å². The van der Waals surface area contributed by atoms with E-state index in [-0.39, 0.29) is 6.15 Å². The fraction of sp³-hybridized carbons (Fsp3) is 0.250. The number of hydrogen-bond acceptors (Lipinski definition) is 2. The van der Waals surface area contributed by atoms with Gasteiger partial charge < -0.3 is 11.3 Å². The van der Waals surface area contributed by atoms with Gasteiger partial charge in [0.15, 0.2) is 0 Å². The van der Waals surface area contributed by atoms with Gasteiger partial charge in [-0.25, -0.2) is 4.79 Å². The highest BCUT2D eigenvalue weighted by Crippen LogP contribution is 2.09. The van der Waals surface area contributed by atoms with Crippen LogP contribution in [0, 0.1) is 20.8 Å². The second-order valence-corrected chi connectivity index (χ2v) is 3.06. The van der Waals surface area contributed by atoms with Gasteiger partial charge in [-0.1, -0.05) is 24.8 Å². The molecule has 1 rings (SSSR count). The van der Waals surface area contributed by atoms with Crippen molar-refractivity contribution in [2.45, 2.75) is 20.8 Å². The van der Waals surface area contributed by atoms with Crippen LogP contribution in [0.25, 0.3) is 0 Å². The van der Waals surface area contributed by atoms with E-state index in [2.05, 4.69) is 45.5 Å². The highest BCUT2D eigenvalue weighted by Gasteiger charge is 1.91. The van der Waals surface area contributed by atoms with Gasteiger partial charge in [-0.15, -0.1) is 0 Å². The summed E-state index contributed by atoms with van der Waals surface area (Å²) in [4.78, 5) is 9.25. The molecule has 0 unspecified atom stereocenters. The lowest BCUT2D eigenvalue weighted by atomic mass is 10.1. The molecule has 0 heterocycles. The van der Waals surface area contributed by atoms with E-state index >= 15 is 0 Å². The molecule has 0 saturated heterocycles. The number of aryl methyl sites for hydroxylation is 2. The van der Waals surface area contributed by atoms with Crippen molar-refractivity contribution in [2.24, 2.45) is 0 Å². The first kappa shape index (κ1) is 15.8. The molecule has 1 aromatic rings. The van der Waals surface area contributed by atoms with Gasteiger partial charge in [-0.05, 0) is 37.5 Å². The Bertz CT molecular complexity index is 312. The second kappa shape index (κ2) is 7.76. The molecule has 0 saturated carbocycles. The van der Waals surface area contributed by atoms with Gasteiger partial charge in [0, 0.05) is 6.08 Å². The molecule has 0 amide bonds. The van der Waals surface area contributed by atoms with Crippen LogP contribution in [-0.2, 0) is 4.79 Å². The van der Waals surface area contributed by atoms with Gasteiger partial charge in [0.25, 0.3) is 0 Å². The van der Waals surface area contributed by atoms with Crippen molar-refractivity contribution in [1.82, 2.24) is 6.15 Å². The van der Waals surface area contributed by atoms with Crippen LogP contribution in [0.2, 0.25) is 0 Å². The maximum Gasteiger partial charge on any atom is 0.327 e. The van der Waals surface area contributed by atoms with Gasteiger partial charge in [0.1, 0.15) is 0 Å². The van der Waals surface area contributed by atoms with Crippen molar-refractivity contribution in [1.29, 1.82) is 0 Å². The first-order chi connectivity index (χ1) is 6.49. The molecule has 4 N–H and O–H groups in total. The molecular weight excluding hydrogens is 190 g/mol. The van der Waals surface area contributed by atoms with E-state index in [4.69, 9.17) is 5.11 Å². The van der Waals surface area contributed by atoms with E-state index in [1.807, 2.05) is 0 Å². The molecule has 0 bridgehead atoms. The molecule has 0 aromatic heterocycles. The summed E-state index contributed by atoms with van der Waals surface area (Å²) in [6, 6.07) is 6.38. The molecule has 0 spiro atoms. The quantitative estimate of drug-likeness (QED) is 0.698. The zero-order valence-corrected chi connectivity index (χ0v) is 9.58. The Morgan fingerprint density at radius 1 is 1.27 bits per heavy atom. The summed E-state index contributed by atoms with van der Waals surface area (Å²) >= 11 is 0. The zero-order chi connectivity index (χ0) is 11.1. The summed E-state index contributed by atoms with van der Waals surface area (Å²) in [6.07, 6.45) is 0.833. The largest absolute Gasteiger partial charge is 0.478 e. The molecule has 0 aliphatic rings. The lowest BCUT2D eigenvalue weighted by Gasteiger charge is -2.00. The van der Waals surface area contributed by atoms with Crippen molar-refractivity contribution in [3.63, 3.8) is 0 Å². The Hall–Kier alpha value is -1.61. The average molecular weight is 209 g/mol. The number of carbonyl (C=O) groups is 1. The third kappa shape index (κ3) is 6.46. The first-order valence-electron chi connectivity index (χ1n) is 4.37. The third-order valence-corrected chi connectivity index (χ3v) is 2.05. The van der Waals surface area contributed by atoms with E-state index in [9.17, 15) is 4.79 Å². The standard InChI is InChI=1S/C9H12.C3H4O2.H3N/c1-7-5-4-6-8(2)9(7)3;1-2-3(4)5;/h4-6H,1-3H3;2H,1H2,(H,4,5);1H3. The Labute approximate surface area is 91.0 Å². The molecule has 3 nitrogen and oxygen atoms in total. The summed E-state index contributed by atoms with van der Waals surface area (Å²) < 4.78 is 0. The lowest BCUT2D eigenvalue weighted by Crippen LogP contribution is -1.82. The van der Waals surface area contributed by atoms with Gasteiger partial charge in [-0.3, -0.25) is 0 Å². The van der Waals surface area contributed by atoms with E-state index in [1.54, 1.807) is 0 Å². The molecule has 0 aliphatic carbocycles. The predicted molar refractivity (Wildman–Crippen MR) is 63.5 cm³/mol. The second-order valence-electron chi connectivity index (χ2n) is 3.06. The molecule has 84 valence electrons. The number of rotatable bonds is 1. The van der Waals surface area contributed by atoms with Crippen LogP contribution in [0.1, 0.15) is 16.7 Å². The van der Waals surface area contributed by atoms with E-state index < -0.39 is 5.97 Å². The molecule has 3 heteroatoms. The van der Waals surface area contributed by atoms with Crippen molar-refractivity contribution in [3.8, 4) is 0 Å². The van der Waals surface area contributed by atoms with Crippen LogP contribution in [-0.4, -0.2) is 11.1 Å². The van der Waals surface area contributed by atoms with Crippen LogP contribution in [0.5, 0.6) is 0 Å². The highest BCUT2D eigenvalue weighted by atomic mass is 16.4. The Morgan fingerprint density at radius 2 is 1.60 bits per heavy atom. The van der Waals surface area contributed by atoms with Crippen molar-refractivity contribution in [2.75, 3.05) is 0 Å². The first-order valence-corrected chi connectivity index (χ1v) is 4.37. The van der Waals surface area contributed by atoms with E-state index in [1.165, 1.54) is 16.7 Å². The van der Waals surface area contributed by atoms with Gasteiger partial charge in [-0.2, -0.15) is 0 Å². The molecular formula is C12H19NO2. The number of aliphatic carboxylic acids is 1. The number of benzene rings is 1. The Kier molecular flexibility index (Phi) is 8.20. The normalized spacial score (nSPS) is 7.93. The van der Waals surface area contributed by atoms with Crippen molar-refractivity contribution < 1.29 is 9.90 Å². The van der Waals surface area contributed by atoms with Gasteiger partial charge in [0.2, 0.25) is 0 Å². The maximum absolute atomic E-state index is 9.25. The lowest BCUT2D eigenvalue weighted by molar-refractivity contribution is -0.131. The average Bonchev–Trinajstić information content (AvgIpc) is 2.15. The predicted octanol–water partition coefficient (Wildman–Crippen LogP) is 3.03. The van der Waals surface area contributed by atoms with E-state index in [0.29, 0.717) is 0 Å². The van der Waals surface area contributed by atoms with Crippen molar-refractivity contribution in [3.05, 3.63) is 47.5 Å². The summed E-state index contributed by atoms with van der Waals surface area (Å²) in [5.41, 5.74) is 4.18. The van der Waals surface area contributed by atoms with Gasteiger partial charge >= 0.3 is 5.97 Å². The van der Waals surface area contributed by atoms with Crippen LogP contribution in [0.4, 0.5) is 0 Å². The third-order valence-electron chi connectivity index (χ3n) is 2.05. The molecule has 0 fully saturated rings. The van der Waals surface area contributed by atoms with Crippen LogP contribution in [0.3, 0.4) is 0 Å². The zero-order valence-electron chi connectivity index (χ0n) is 9.58. The highest BCUT2D eigenvalue weighted by molar-refractivity contribution is 5.78. The Morgan fingerprint density at radius 3 is 1.80 bits per heavy atom. The van der Waals surface area contributed by atoms with E-state index in [0.717, 1.165) is 6.08 Å². The molecule has 1 aromatic carbocycles. The molecule has 0 aliphatic heterocycles. The smallest absolute Gasteiger partial charge is 0.327 e. The summed E-state index contributed by atoms with van der Waals surface area (Å²) in [6.45, 7) is 9.40. The van der Waals surface area contributed by atoms with Crippen LogP contribution < -0.4 is 6.15 Å². The summed E-state index contributed by atoms with van der Waals surface area (Å²) in [5.74, 6) is -0.981. The minimum atomic E-state index is -0.981. The number of carboxylic acids is 1. The SMILES string of the molecule is C=CC(=O)O.Cc1cccc(C)c1C.N. The minimum Gasteiger partial charge on any atom is -0.478 e. The monoisotopic (exact) mass is 209 g/mol. The number of hydrogen-bond donors (Lipinski definition) is 2. The molecule has 15 heavy (non-hydrogen) atoms. The molecule has 0 radical (unpaired) electrons.